The Morgan fingerprint density at radius 3 is 2.63 bits per heavy atom. The number of carbonyl (C=O) groups is 2. The Bertz CT molecular complexity index is 661. The molecule has 0 N–H and O–H groups in total. The van der Waals surface area contributed by atoms with Crippen molar-refractivity contribution in [3.8, 4) is 0 Å². The monoisotopic (exact) mass is 255 g/mol. The van der Waals surface area contributed by atoms with Crippen LogP contribution in [-0.2, 0) is 20.7 Å². The Morgan fingerprint density at radius 2 is 1.95 bits per heavy atom. The molecule has 1 heterocycles. The maximum atomic E-state index is 11.8. The van der Waals surface area contributed by atoms with Crippen LogP contribution in [0.25, 0.3) is 10.8 Å². The molecule has 1 aromatic heterocycles. The minimum atomic E-state index is -0.703. The smallest absolute Gasteiger partial charge is 0.340 e. The number of fused-ring (bicyclic) bond motifs is 1. The van der Waals surface area contributed by atoms with Crippen molar-refractivity contribution < 1.29 is 14.3 Å². The van der Waals surface area contributed by atoms with Crippen LogP contribution in [-0.4, -0.2) is 23.8 Å². The van der Waals surface area contributed by atoms with E-state index in [1.54, 1.807) is 6.20 Å². The predicted molar refractivity (Wildman–Crippen MR) is 71.6 cm³/mol. The van der Waals surface area contributed by atoms with Crippen molar-refractivity contribution in [3.05, 3.63) is 54.4 Å². The molecule has 4 heteroatoms. The molecule has 0 bridgehead atoms. The summed E-state index contributed by atoms with van der Waals surface area (Å²) in [7, 11) is 1.22. The summed E-state index contributed by atoms with van der Waals surface area (Å²) in [5.74, 6) is -1.08. The zero-order valence-electron chi connectivity index (χ0n) is 10.6. The summed E-state index contributed by atoms with van der Waals surface area (Å²) in [5, 5.41) is 2.01. The van der Waals surface area contributed by atoms with Crippen molar-refractivity contribution in [2.75, 3.05) is 7.11 Å². The highest BCUT2D eigenvalue weighted by Gasteiger charge is 2.17. The number of rotatable bonds is 4. The summed E-state index contributed by atoms with van der Waals surface area (Å²) in [6.07, 6.45) is 1.75. The van der Waals surface area contributed by atoms with Gasteiger partial charge in [-0.3, -0.25) is 9.78 Å². The van der Waals surface area contributed by atoms with Crippen molar-refractivity contribution in [3.63, 3.8) is 0 Å². The first-order valence-electron chi connectivity index (χ1n) is 5.76. The minimum Gasteiger partial charge on any atom is -0.465 e. The summed E-state index contributed by atoms with van der Waals surface area (Å²) in [6.45, 7) is 3.43. The zero-order chi connectivity index (χ0) is 13.8. The first-order valence-corrected chi connectivity index (χ1v) is 5.76. The van der Waals surface area contributed by atoms with Crippen molar-refractivity contribution in [1.82, 2.24) is 4.98 Å². The first-order chi connectivity index (χ1) is 9.11. The molecular weight excluding hydrogens is 242 g/mol. The molecule has 0 atom stereocenters. The number of ether oxygens (including phenoxy) is 1. The molecule has 0 unspecified atom stereocenters. The molecule has 2 rings (SSSR count). The molecule has 0 radical (unpaired) electrons. The summed E-state index contributed by atoms with van der Waals surface area (Å²) < 4.78 is 4.46. The molecule has 0 saturated heterocycles. The van der Waals surface area contributed by atoms with Gasteiger partial charge in [-0.05, 0) is 11.5 Å². The van der Waals surface area contributed by atoms with E-state index in [1.807, 2.05) is 30.3 Å². The van der Waals surface area contributed by atoms with Crippen molar-refractivity contribution in [1.29, 1.82) is 0 Å². The molecule has 19 heavy (non-hydrogen) atoms. The average Bonchev–Trinajstić information content (AvgIpc) is 2.45. The van der Waals surface area contributed by atoms with Crippen LogP contribution in [0.4, 0.5) is 0 Å². The van der Waals surface area contributed by atoms with Crippen LogP contribution in [0, 0.1) is 0 Å². The molecule has 0 fully saturated rings. The van der Waals surface area contributed by atoms with Crippen LogP contribution in [0.15, 0.2) is 48.7 Å². The first kappa shape index (κ1) is 13.0. The lowest BCUT2D eigenvalue weighted by Gasteiger charge is -2.04. The fourth-order valence-electron chi connectivity index (χ4n) is 1.73. The molecule has 0 aliphatic carbocycles. The van der Waals surface area contributed by atoms with Gasteiger partial charge in [0.2, 0.25) is 0 Å². The molecule has 1 aromatic carbocycles. The fraction of sp³-hybridized carbons (Fsp3) is 0.133. The second-order valence-electron chi connectivity index (χ2n) is 4.09. The standard InChI is InChI=1S/C15H13NO3/c1-10(15(18)19-2)14(17)8-13-7-11-5-3-4-6-12(11)9-16-13/h3-7,9H,1,8H2,2H3. The number of methoxy groups -OCH3 is 1. The average molecular weight is 255 g/mol. The number of nitrogens with zero attached hydrogens (tertiary/aromatic N) is 1. The van der Waals surface area contributed by atoms with Gasteiger partial charge in [-0.25, -0.2) is 4.79 Å². The van der Waals surface area contributed by atoms with Crippen molar-refractivity contribution in [2.24, 2.45) is 0 Å². The fourth-order valence-corrected chi connectivity index (χ4v) is 1.73. The van der Waals surface area contributed by atoms with E-state index in [1.165, 1.54) is 7.11 Å². The lowest BCUT2D eigenvalue weighted by atomic mass is 10.1. The van der Waals surface area contributed by atoms with Gasteiger partial charge in [0, 0.05) is 17.3 Å². The van der Waals surface area contributed by atoms with E-state index in [-0.39, 0.29) is 17.8 Å². The summed E-state index contributed by atoms with van der Waals surface area (Å²) in [5.41, 5.74) is 0.450. The Hall–Kier alpha value is -2.49. The third kappa shape index (κ3) is 2.85. The third-order valence-corrected chi connectivity index (χ3v) is 2.80. The van der Waals surface area contributed by atoms with Crippen LogP contribution in [0.2, 0.25) is 0 Å². The van der Waals surface area contributed by atoms with Crippen LogP contribution < -0.4 is 0 Å². The van der Waals surface area contributed by atoms with Crippen LogP contribution in [0.1, 0.15) is 5.69 Å². The number of hydrogen-bond donors (Lipinski definition) is 0. The van der Waals surface area contributed by atoms with E-state index in [0.29, 0.717) is 5.69 Å². The van der Waals surface area contributed by atoms with Crippen molar-refractivity contribution >= 4 is 22.5 Å². The van der Waals surface area contributed by atoms with Gasteiger partial charge in [-0.1, -0.05) is 30.8 Å². The number of hydrogen-bond acceptors (Lipinski definition) is 4. The summed E-state index contributed by atoms with van der Waals surface area (Å²) in [4.78, 5) is 27.2. The topological polar surface area (TPSA) is 56.3 Å². The highest BCUT2D eigenvalue weighted by molar-refractivity contribution is 6.17. The Labute approximate surface area is 110 Å². The number of ketones is 1. The van der Waals surface area contributed by atoms with Crippen molar-refractivity contribution in [2.45, 2.75) is 6.42 Å². The molecule has 0 saturated carbocycles. The SMILES string of the molecule is C=C(C(=O)Cc1cc2ccccc2cn1)C(=O)OC. The summed E-state index contributed by atoms with van der Waals surface area (Å²) in [6, 6.07) is 9.56. The van der Waals surface area contributed by atoms with Gasteiger partial charge >= 0.3 is 5.97 Å². The quantitative estimate of drug-likeness (QED) is 0.363. The molecule has 0 aliphatic heterocycles. The second kappa shape index (κ2) is 5.44. The van der Waals surface area contributed by atoms with E-state index < -0.39 is 5.97 Å². The lowest BCUT2D eigenvalue weighted by Crippen LogP contribution is -2.15. The van der Waals surface area contributed by atoms with Crippen LogP contribution in [0.3, 0.4) is 0 Å². The minimum absolute atomic E-state index is 0.0404. The zero-order valence-corrected chi connectivity index (χ0v) is 10.6. The highest BCUT2D eigenvalue weighted by atomic mass is 16.5. The normalized spacial score (nSPS) is 10.2. The second-order valence-corrected chi connectivity index (χ2v) is 4.09. The maximum absolute atomic E-state index is 11.8. The highest BCUT2D eigenvalue weighted by Crippen LogP contribution is 2.14. The van der Waals surface area contributed by atoms with Gasteiger partial charge in [0.15, 0.2) is 5.78 Å². The molecule has 4 nitrogen and oxygen atoms in total. The third-order valence-electron chi connectivity index (χ3n) is 2.80. The Kier molecular flexibility index (Phi) is 3.71. The van der Waals surface area contributed by atoms with E-state index in [9.17, 15) is 9.59 Å². The predicted octanol–water partition coefficient (Wildman–Crippen LogP) is 2.08. The molecule has 0 spiro atoms. The van der Waals surface area contributed by atoms with Gasteiger partial charge in [-0.2, -0.15) is 0 Å². The molecule has 96 valence electrons. The number of aromatic nitrogens is 1. The van der Waals surface area contributed by atoms with E-state index in [4.69, 9.17) is 0 Å². The van der Waals surface area contributed by atoms with Gasteiger partial charge < -0.3 is 4.74 Å². The number of pyridine rings is 1. The molecular formula is C15H13NO3. The molecule has 0 aliphatic rings. The summed E-state index contributed by atoms with van der Waals surface area (Å²) >= 11 is 0. The lowest BCUT2D eigenvalue weighted by molar-refractivity contribution is -0.137. The number of benzene rings is 1. The van der Waals surface area contributed by atoms with Crippen LogP contribution >= 0.6 is 0 Å². The Balaban J connectivity index is 2.19. The van der Waals surface area contributed by atoms with E-state index in [0.717, 1.165) is 10.8 Å². The van der Waals surface area contributed by atoms with Gasteiger partial charge in [0.05, 0.1) is 19.1 Å². The molecule has 0 amide bonds. The van der Waals surface area contributed by atoms with E-state index >= 15 is 0 Å². The van der Waals surface area contributed by atoms with E-state index in [2.05, 4.69) is 16.3 Å². The maximum Gasteiger partial charge on any atom is 0.340 e. The number of Topliss-reactive ketones (excluding diaryl/α,β-unsaturated/α-hetero) is 1. The number of esters is 1. The number of carbonyl (C=O) groups excluding carboxylic acids is 2. The Morgan fingerprint density at radius 1 is 1.26 bits per heavy atom. The van der Waals surface area contributed by atoms with Gasteiger partial charge in [0.1, 0.15) is 0 Å². The van der Waals surface area contributed by atoms with Gasteiger partial charge in [-0.15, -0.1) is 0 Å². The van der Waals surface area contributed by atoms with Gasteiger partial charge in [0.25, 0.3) is 0 Å². The van der Waals surface area contributed by atoms with Crippen LogP contribution in [0.5, 0.6) is 0 Å². The largest absolute Gasteiger partial charge is 0.465 e. The molecule has 2 aromatic rings.